The monoisotopic (exact) mass is 302 g/mol. The molecule has 0 aliphatic carbocycles. The minimum absolute atomic E-state index is 0.520. The molecule has 0 bridgehead atoms. The van der Waals surface area contributed by atoms with Crippen LogP contribution in [0.3, 0.4) is 0 Å². The number of nitrogens with zero attached hydrogens (tertiary/aromatic N) is 4. The van der Waals surface area contributed by atoms with Gasteiger partial charge in [-0.1, -0.05) is 47.6 Å². The highest BCUT2D eigenvalue weighted by atomic mass is 16.5. The maximum atomic E-state index is 5.41. The molecule has 5 heteroatoms. The second kappa shape index (κ2) is 5.88. The van der Waals surface area contributed by atoms with Gasteiger partial charge in [0.1, 0.15) is 0 Å². The van der Waals surface area contributed by atoms with E-state index in [4.69, 9.17) is 4.52 Å². The van der Waals surface area contributed by atoms with E-state index in [2.05, 4.69) is 21.3 Å². The molecule has 0 aliphatic rings. The highest BCUT2D eigenvalue weighted by molar-refractivity contribution is 5.60. The fourth-order valence-electron chi connectivity index (χ4n) is 2.43. The average molecular weight is 302 g/mol. The Balaban J connectivity index is 1.62. The number of hydrogen-bond donors (Lipinski definition) is 0. The van der Waals surface area contributed by atoms with E-state index < -0.39 is 0 Å². The molecular weight excluding hydrogens is 288 g/mol. The largest absolute Gasteiger partial charge is 0.334 e. The lowest BCUT2D eigenvalue weighted by Crippen LogP contribution is -1.99. The minimum Gasteiger partial charge on any atom is -0.334 e. The van der Waals surface area contributed by atoms with Gasteiger partial charge in [-0.25, -0.2) is 0 Å². The molecule has 0 aliphatic heterocycles. The molecule has 23 heavy (non-hydrogen) atoms. The van der Waals surface area contributed by atoms with Crippen LogP contribution in [0.15, 0.2) is 77.6 Å². The molecule has 0 saturated carbocycles. The van der Waals surface area contributed by atoms with Crippen LogP contribution in [0.25, 0.3) is 22.8 Å². The van der Waals surface area contributed by atoms with Crippen molar-refractivity contribution < 1.29 is 4.52 Å². The quantitative estimate of drug-likeness (QED) is 0.577. The van der Waals surface area contributed by atoms with Gasteiger partial charge in [0, 0.05) is 23.5 Å². The van der Waals surface area contributed by atoms with Gasteiger partial charge in [-0.3, -0.25) is 4.68 Å². The second-order valence-corrected chi connectivity index (χ2v) is 5.19. The van der Waals surface area contributed by atoms with Crippen LogP contribution in [0.5, 0.6) is 0 Å². The van der Waals surface area contributed by atoms with Crippen molar-refractivity contribution in [3.05, 3.63) is 78.6 Å². The Morgan fingerprint density at radius 2 is 1.78 bits per heavy atom. The Morgan fingerprint density at radius 1 is 0.913 bits per heavy atom. The van der Waals surface area contributed by atoms with Crippen molar-refractivity contribution in [1.29, 1.82) is 0 Å². The van der Waals surface area contributed by atoms with Crippen LogP contribution in [0.1, 0.15) is 5.56 Å². The highest BCUT2D eigenvalue weighted by Crippen LogP contribution is 2.23. The third kappa shape index (κ3) is 2.89. The maximum Gasteiger partial charge on any atom is 0.258 e. The first-order chi connectivity index (χ1) is 11.4. The SMILES string of the molecule is c1ccc(-c2noc(-c3cccc(Cn4cccn4)c3)n2)cc1. The van der Waals surface area contributed by atoms with Gasteiger partial charge in [0.25, 0.3) is 5.89 Å². The van der Waals surface area contributed by atoms with Gasteiger partial charge < -0.3 is 4.52 Å². The summed E-state index contributed by atoms with van der Waals surface area (Å²) in [6, 6.07) is 19.8. The van der Waals surface area contributed by atoms with E-state index in [0.717, 1.165) is 16.7 Å². The highest BCUT2D eigenvalue weighted by Gasteiger charge is 2.10. The van der Waals surface area contributed by atoms with Gasteiger partial charge in [0.05, 0.1) is 6.54 Å². The van der Waals surface area contributed by atoms with Crippen molar-refractivity contribution in [2.75, 3.05) is 0 Å². The summed E-state index contributed by atoms with van der Waals surface area (Å²) >= 11 is 0. The van der Waals surface area contributed by atoms with Crippen LogP contribution < -0.4 is 0 Å². The van der Waals surface area contributed by atoms with E-state index in [1.165, 1.54) is 0 Å². The third-order valence-corrected chi connectivity index (χ3v) is 3.54. The molecule has 5 nitrogen and oxygen atoms in total. The summed E-state index contributed by atoms with van der Waals surface area (Å²) in [5.74, 6) is 1.12. The molecule has 2 aromatic carbocycles. The number of benzene rings is 2. The lowest BCUT2D eigenvalue weighted by molar-refractivity contribution is 0.432. The van der Waals surface area contributed by atoms with E-state index in [1.807, 2.05) is 65.5 Å². The summed E-state index contributed by atoms with van der Waals surface area (Å²) in [6.45, 7) is 0.709. The molecule has 0 atom stereocenters. The Hall–Kier alpha value is -3.21. The van der Waals surface area contributed by atoms with E-state index in [9.17, 15) is 0 Å². The zero-order valence-electron chi connectivity index (χ0n) is 12.3. The van der Waals surface area contributed by atoms with Gasteiger partial charge >= 0.3 is 0 Å². The first-order valence-electron chi connectivity index (χ1n) is 7.34. The molecule has 0 unspecified atom stereocenters. The van der Waals surface area contributed by atoms with Crippen molar-refractivity contribution in [2.45, 2.75) is 6.54 Å². The molecule has 0 radical (unpaired) electrons. The summed E-state index contributed by atoms with van der Waals surface area (Å²) in [4.78, 5) is 4.49. The van der Waals surface area contributed by atoms with E-state index in [0.29, 0.717) is 18.3 Å². The van der Waals surface area contributed by atoms with Crippen molar-refractivity contribution >= 4 is 0 Å². The predicted octanol–water partition coefficient (Wildman–Crippen LogP) is 3.65. The summed E-state index contributed by atoms with van der Waals surface area (Å²) in [7, 11) is 0. The molecule has 2 heterocycles. The molecule has 0 amide bonds. The van der Waals surface area contributed by atoms with Gasteiger partial charge in [-0.05, 0) is 23.8 Å². The van der Waals surface area contributed by atoms with Crippen molar-refractivity contribution in [2.24, 2.45) is 0 Å². The Morgan fingerprint density at radius 3 is 2.61 bits per heavy atom. The predicted molar refractivity (Wildman–Crippen MR) is 86.5 cm³/mol. The molecule has 0 N–H and O–H groups in total. The molecule has 112 valence electrons. The third-order valence-electron chi connectivity index (χ3n) is 3.54. The van der Waals surface area contributed by atoms with Crippen LogP contribution >= 0.6 is 0 Å². The second-order valence-electron chi connectivity index (χ2n) is 5.19. The smallest absolute Gasteiger partial charge is 0.258 e. The number of rotatable bonds is 4. The van der Waals surface area contributed by atoms with Crippen LogP contribution in [-0.2, 0) is 6.54 Å². The molecule has 0 spiro atoms. The Kier molecular flexibility index (Phi) is 3.44. The van der Waals surface area contributed by atoms with Gasteiger partial charge in [-0.2, -0.15) is 10.1 Å². The van der Waals surface area contributed by atoms with Gasteiger partial charge in [0.2, 0.25) is 5.82 Å². The Labute approximate surface area is 133 Å². The fraction of sp³-hybridized carbons (Fsp3) is 0.0556. The number of aromatic nitrogens is 4. The van der Waals surface area contributed by atoms with E-state index in [-0.39, 0.29) is 0 Å². The minimum atomic E-state index is 0.520. The molecule has 4 aromatic rings. The maximum absolute atomic E-state index is 5.41. The summed E-state index contributed by atoms with van der Waals surface area (Å²) in [5, 5.41) is 8.29. The van der Waals surface area contributed by atoms with E-state index >= 15 is 0 Å². The molecule has 0 fully saturated rings. The lowest BCUT2D eigenvalue weighted by Gasteiger charge is -2.03. The van der Waals surface area contributed by atoms with Crippen LogP contribution in [-0.4, -0.2) is 19.9 Å². The standard InChI is InChI=1S/C18H14N4O/c1-2-7-15(8-3-1)17-20-18(23-21-17)16-9-4-6-14(12-16)13-22-11-5-10-19-22/h1-12H,13H2. The zero-order chi connectivity index (χ0) is 15.5. The average Bonchev–Trinajstić information content (AvgIpc) is 3.28. The van der Waals surface area contributed by atoms with Crippen LogP contribution in [0, 0.1) is 0 Å². The number of hydrogen-bond acceptors (Lipinski definition) is 4. The van der Waals surface area contributed by atoms with Crippen LogP contribution in [0.2, 0.25) is 0 Å². The van der Waals surface area contributed by atoms with Crippen LogP contribution in [0.4, 0.5) is 0 Å². The van der Waals surface area contributed by atoms with Gasteiger partial charge in [-0.15, -0.1) is 0 Å². The summed E-state index contributed by atoms with van der Waals surface area (Å²) in [6.07, 6.45) is 3.71. The molecule has 0 saturated heterocycles. The molecule has 4 rings (SSSR count). The lowest BCUT2D eigenvalue weighted by atomic mass is 10.1. The fourth-order valence-corrected chi connectivity index (χ4v) is 2.43. The first-order valence-corrected chi connectivity index (χ1v) is 7.34. The van der Waals surface area contributed by atoms with Crippen molar-refractivity contribution in [3.63, 3.8) is 0 Å². The topological polar surface area (TPSA) is 56.7 Å². The van der Waals surface area contributed by atoms with Crippen molar-refractivity contribution in [3.8, 4) is 22.8 Å². The zero-order valence-corrected chi connectivity index (χ0v) is 12.3. The Bertz CT molecular complexity index is 898. The molecular formula is C18H14N4O. The van der Waals surface area contributed by atoms with Crippen molar-refractivity contribution in [1.82, 2.24) is 19.9 Å². The van der Waals surface area contributed by atoms with E-state index in [1.54, 1.807) is 6.20 Å². The normalized spacial score (nSPS) is 10.8. The molecule has 2 aromatic heterocycles. The summed E-state index contributed by atoms with van der Waals surface area (Å²) < 4.78 is 7.29. The first kappa shape index (κ1) is 13.5. The summed E-state index contributed by atoms with van der Waals surface area (Å²) in [5.41, 5.74) is 2.98. The van der Waals surface area contributed by atoms with Gasteiger partial charge in [0.15, 0.2) is 0 Å².